The third-order valence-corrected chi connectivity index (χ3v) is 2.99. The molecule has 0 unspecified atom stereocenters. The first-order valence-electron chi connectivity index (χ1n) is 4.05. The Bertz CT molecular complexity index is 440. The van der Waals surface area contributed by atoms with Gasteiger partial charge < -0.3 is 0 Å². The molecule has 69 valence electrons. The van der Waals surface area contributed by atoms with Crippen LogP contribution in [0.25, 0.3) is 11.3 Å². The third kappa shape index (κ3) is 2.04. The van der Waals surface area contributed by atoms with Gasteiger partial charge in [0.05, 0.1) is 5.69 Å². The molecule has 1 heterocycles. The predicted octanol–water partition coefficient (Wildman–Crippen LogP) is 4.07. The molecule has 1 aromatic heterocycles. The van der Waals surface area contributed by atoms with Gasteiger partial charge in [-0.1, -0.05) is 31.9 Å². The van der Waals surface area contributed by atoms with Gasteiger partial charge in [0, 0.05) is 20.7 Å². The Hall–Kier alpha value is -0.670. The molecule has 2 aromatic rings. The zero-order valence-electron chi connectivity index (χ0n) is 7.17. The standard InChI is InChI=1S/C11H6Br2N/c12-8-4-5-10(13)9(7-8)11-3-1-2-6-14-11/h2-7H. The fraction of sp³-hybridized carbons (Fsp3) is 0. The monoisotopic (exact) mass is 310 g/mol. The van der Waals surface area contributed by atoms with Crippen LogP contribution in [-0.4, -0.2) is 4.98 Å². The summed E-state index contributed by atoms with van der Waals surface area (Å²) >= 11 is 6.93. The van der Waals surface area contributed by atoms with Crippen molar-refractivity contribution in [3.8, 4) is 11.3 Å². The molecular formula is C11H6Br2N. The number of pyridine rings is 1. The zero-order chi connectivity index (χ0) is 9.97. The maximum Gasteiger partial charge on any atom is 0.0719 e. The number of nitrogens with zero attached hydrogens (tertiary/aromatic N) is 1. The van der Waals surface area contributed by atoms with Gasteiger partial charge in [-0.3, -0.25) is 4.98 Å². The molecule has 0 fully saturated rings. The minimum atomic E-state index is 0.917. The largest absolute Gasteiger partial charge is 0.256 e. The summed E-state index contributed by atoms with van der Waals surface area (Å²) < 4.78 is 2.08. The number of rotatable bonds is 1. The maximum atomic E-state index is 4.27. The number of aromatic nitrogens is 1. The van der Waals surface area contributed by atoms with Crippen LogP contribution < -0.4 is 0 Å². The first-order valence-corrected chi connectivity index (χ1v) is 5.63. The second kappa shape index (κ2) is 4.24. The first-order chi connectivity index (χ1) is 6.77. The summed E-state index contributed by atoms with van der Waals surface area (Å²) in [6.45, 7) is 0. The smallest absolute Gasteiger partial charge is 0.0719 e. The molecule has 1 nitrogen and oxygen atoms in total. The van der Waals surface area contributed by atoms with E-state index in [1.807, 2.05) is 24.3 Å². The molecule has 1 radical (unpaired) electrons. The highest BCUT2D eigenvalue weighted by Gasteiger charge is 2.03. The van der Waals surface area contributed by atoms with E-state index in [0.717, 1.165) is 20.2 Å². The molecule has 0 aliphatic carbocycles. The van der Waals surface area contributed by atoms with Gasteiger partial charge in [0.15, 0.2) is 0 Å². The number of hydrogen-bond donors (Lipinski definition) is 0. The van der Waals surface area contributed by atoms with E-state index in [1.165, 1.54) is 0 Å². The Morgan fingerprint density at radius 2 is 2.07 bits per heavy atom. The van der Waals surface area contributed by atoms with Crippen molar-refractivity contribution in [2.45, 2.75) is 0 Å². The highest BCUT2D eigenvalue weighted by Crippen LogP contribution is 2.29. The average molecular weight is 312 g/mol. The molecule has 0 aliphatic rings. The summed E-state index contributed by atoms with van der Waals surface area (Å²) in [6, 6.07) is 12.7. The third-order valence-electron chi connectivity index (χ3n) is 1.81. The molecule has 3 heteroatoms. The summed E-state index contributed by atoms with van der Waals surface area (Å²) in [5.74, 6) is 0. The fourth-order valence-corrected chi connectivity index (χ4v) is 1.98. The maximum absolute atomic E-state index is 4.27. The van der Waals surface area contributed by atoms with Crippen LogP contribution in [0.2, 0.25) is 0 Å². The van der Waals surface area contributed by atoms with E-state index in [1.54, 1.807) is 12.3 Å². The molecule has 0 saturated carbocycles. The minimum Gasteiger partial charge on any atom is -0.256 e. The molecule has 14 heavy (non-hydrogen) atoms. The Balaban J connectivity index is 2.57. The van der Waals surface area contributed by atoms with Gasteiger partial charge in [0.2, 0.25) is 0 Å². The van der Waals surface area contributed by atoms with E-state index < -0.39 is 0 Å². The zero-order valence-corrected chi connectivity index (χ0v) is 10.3. The lowest BCUT2D eigenvalue weighted by Crippen LogP contribution is -1.83. The van der Waals surface area contributed by atoms with E-state index in [4.69, 9.17) is 0 Å². The summed E-state index contributed by atoms with van der Waals surface area (Å²) in [4.78, 5) is 4.27. The van der Waals surface area contributed by atoms with Crippen LogP contribution >= 0.6 is 31.9 Å². The lowest BCUT2D eigenvalue weighted by molar-refractivity contribution is 1.32. The van der Waals surface area contributed by atoms with Crippen LogP contribution in [0.4, 0.5) is 0 Å². The van der Waals surface area contributed by atoms with E-state index >= 15 is 0 Å². The van der Waals surface area contributed by atoms with E-state index in [0.29, 0.717) is 0 Å². The van der Waals surface area contributed by atoms with Crippen LogP contribution in [0, 0.1) is 6.07 Å². The van der Waals surface area contributed by atoms with Crippen molar-refractivity contribution >= 4 is 31.9 Å². The molecule has 2 rings (SSSR count). The Morgan fingerprint density at radius 3 is 2.79 bits per heavy atom. The second-order valence-corrected chi connectivity index (χ2v) is 4.54. The van der Waals surface area contributed by atoms with Crippen LogP contribution in [0.5, 0.6) is 0 Å². The Kier molecular flexibility index (Phi) is 2.99. The van der Waals surface area contributed by atoms with Gasteiger partial charge >= 0.3 is 0 Å². The predicted molar refractivity (Wildman–Crippen MR) is 63.9 cm³/mol. The van der Waals surface area contributed by atoms with Crippen molar-refractivity contribution in [1.29, 1.82) is 0 Å². The van der Waals surface area contributed by atoms with Crippen molar-refractivity contribution in [1.82, 2.24) is 4.98 Å². The minimum absolute atomic E-state index is 0.917. The molecule has 0 bridgehead atoms. The van der Waals surface area contributed by atoms with E-state index in [9.17, 15) is 0 Å². The molecular weight excluding hydrogens is 306 g/mol. The first kappa shape index (κ1) is 9.87. The molecule has 0 saturated heterocycles. The van der Waals surface area contributed by atoms with Crippen LogP contribution in [0.1, 0.15) is 0 Å². The molecule has 0 atom stereocenters. The summed E-state index contributed by atoms with van der Waals surface area (Å²) in [5.41, 5.74) is 1.98. The molecule has 0 N–H and O–H groups in total. The van der Waals surface area contributed by atoms with Gasteiger partial charge in [-0.15, -0.1) is 0 Å². The lowest BCUT2D eigenvalue weighted by Gasteiger charge is -2.03. The van der Waals surface area contributed by atoms with Crippen LogP contribution in [0.15, 0.2) is 45.5 Å². The van der Waals surface area contributed by atoms with E-state index in [2.05, 4.69) is 42.9 Å². The molecule has 0 amide bonds. The van der Waals surface area contributed by atoms with Crippen molar-refractivity contribution in [3.05, 3.63) is 51.5 Å². The quantitative estimate of drug-likeness (QED) is 0.773. The lowest BCUT2D eigenvalue weighted by atomic mass is 10.1. The van der Waals surface area contributed by atoms with Gasteiger partial charge in [-0.05, 0) is 36.4 Å². The summed E-state index contributed by atoms with van der Waals surface area (Å²) in [5, 5.41) is 0. The second-order valence-electron chi connectivity index (χ2n) is 2.77. The SMILES string of the molecule is Brc1ccc(Br)c(-c2c[c]ccn2)c1. The topological polar surface area (TPSA) is 12.9 Å². The Morgan fingerprint density at radius 1 is 1.21 bits per heavy atom. The van der Waals surface area contributed by atoms with Crippen LogP contribution in [-0.2, 0) is 0 Å². The van der Waals surface area contributed by atoms with Gasteiger partial charge in [0.1, 0.15) is 0 Å². The highest BCUT2D eigenvalue weighted by atomic mass is 79.9. The normalized spacial score (nSPS) is 10.1. The number of benzene rings is 1. The highest BCUT2D eigenvalue weighted by molar-refractivity contribution is 9.11. The van der Waals surface area contributed by atoms with Gasteiger partial charge in [0.25, 0.3) is 0 Å². The molecule has 0 aliphatic heterocycles. The van der Waals surface area contributed by atoms with Crippen molar-refractivity contribution in [2.24, 2.45) is 0 Å². The fourth-order valence-electron chi connectivity index (χ4n) is 1.17. The Labute approximate surface area is 99.4 Å². The van der Waals surface area contributed by atoms with Crippen molar-refractivity contribution in [3.63, 3.8) is 0 Å². The van der Waals surface area contributed by atoms with Crippen molar-refractivity contribution in [2.75, 3.05) is 0 Å². The van der Waals surface area contributed by atoms with Crippen molar-refractivity contribution < 1.29 is 0 Å². The molecule has 0 spiro atoms. The number of hydrogen-bond acceptors (Lipinski definition) is 1. The number of halogens is 2. The van der Waals surface area contributed by atoms with E-state index in [-0.39, 0.29) is 0 Å². The van der Waals surface area contributed by atoms with Gasteiger partial charge in [-0.2, -0.15) is 0 Å². The van der Waals surface area contributed by atoms with Crippen LogP contribution in [0.3, 0.4) is 0 Å². The average Bonchev–Trinajstić information content (AvgIpc) is 2.23. The summed E-state index contributed by atoms with van der Waals surface area (Å²) in [6.07, 6.45) is 1.74. The molecule has 1 aromatic carbocycles. The summed E-state index contributed by atoms with van der Waals surface area (Å²) in [7, 11) is 0. The van der Waals surface area contributed by atoms with Gasteiger partial charge in [-0.25, -0.2) is 0 Å².